The largest absolute Gasteiger partial charge is 0.475 e. The molecule has 0 unspecified atom stereocenters. The van der Waals surface area contributed by atoms with Gasteiger partial charge in [0.25, 0.3) is 0 Å². The van der Waals surface area contributed by atoms with E-state index in [9.17, 15) is 4.79 Å². The Morgan fingerprint density at radius 1 is 0.775 bits per heavy atom. The van der Waals surface area contributed by atoms with Crippen LogP contribution in [0.4, 0.5) is 0 Å². The Labute approximate surface area is 234 Å². The van der Waals surface area contributed by atoms with E-state index in [1.807, 2.05) is 0 Å². The van der Waals surface area contributed by atoms with Crippen LogP contribution in [0.3, 0.4) is 0 Å². The van der Waals surface area contributed by atoms with Crippen LogP contribution >= 0.6 is 0 Å². The van der Waals surface area contributed by atoms with Gasteiger partial charge in [-0.25, -0.2) is 9.98 Å². The zero-order valence-corrected chi connectivity index (χ0v) is 23.7. The number of esters is 1. The molecule has 6 rings (SSSR count). The van der Waals surface area contributed by atoms with E-state index in [0.29, 0.717) is 37.9 Å². The maximum atomic E-state index is 11.8. The van der Waals surface area contributed by atoms with E-state index in [2.05, 4.69) is 94.4 Å². The van der Waals surface area contributed by atoms with Crippen molar-refractivity contribution in [1.82, 2.24) is 0 Å². The van der Waals surface area contributed by atoms with E-state index in [1.54, 1.807) is 0 Å². The molecular formula is C34H34N2O4. The van der Waals surface area contributed by atoms with Gasteiger partial charge in [-0.15, -0.1) is 0 Å². The Morgan fingerprint density at radius 2 is 1.35 bits per heavy atom. The maximum Gasteiger partial charge on any atom is 0.305 e. The van der Waals surface area contributed by atoms with Crippen LogP contribution in [0.1, 0.15) is 50.8 Å². The van der Waals surface area contributed by atoms with Crippen molar-refractivity contribution in [2.24, 2.45) is 9.98 Å². The summed E-state index contributed by atoms with van der Waals surface area (Å²) < 4.78 is 17.3. The van der Waals surface area contributed by atoms with Gasteiger partial charge in [0.1, 0.15) is 13.2 Å². The van der Waals surface area contributed by atoms with E-state index >= 15 is 0 Å². The lowest BCUT2D eigenvalue weighted by Gasteiger charge is -2.19. The molecule has 0 bridgehead atoms. The molecule has 204 valence electrons. The molecule has 0 aromatic heterocycles. The first-order valence-corrected chi connectivity index (χ1v) is 13.7. The third kappa shape index (κ3) is 4.83. The summed E-state index contributed by atoms with van der Waals surface area (Å²) in [4.78, 5) is 21.7. The third-order valence-corrected chi connectivity index (χ3v) is 7.50. The predicted octanol–water partition coefficient (Wildman–Crippen LogP) is 6.88. The number of hydrogen-bond acceptors (Lipinski definition) is 6. The molecule has 0 amide bonds. The maximum absolute atomic E-state index is 11.8. The van der Waals surface area contributed by atoms with Gasteiger partial charge in [0.15, 0.2) is 0 Å². The molecule has 0 saturated heterocycles. The standard InChI is InChI=1S/C34H34N2O4/c1-33(2)19-39-31(35-33)26-15-12-22-8-6-7-9-24(22)29(26)30-25-14-10-21(11-17-28(37)38-5)18-23(25)13-16-27(30)32-36-34(3,4)20-40-32/h6-10,12-16,18H,11,17,19-20H2,1-5H3. The van der Waals surface area contributed by atoms with E-state index < -0.39 is 0 Å². The second-order valence-electron chi connectivity index (χ2n) is 11.9. The third-order valence-electron chi connectivity index (χ3n) is 7.50. The van der Waals surface area contributed by atoms with E-state index in [4.69, 9.17) is 24.2 Å². The molecule has 4 aromatic rings. The summed E-state index contributed by atoms with van der Waals surface area (Å²) in [6.45, 7) is 9.40. The van der Waals surface area contributed by atoms with Gasteiger partial charge in [-0.3, -0.25) is 4.79 Å². The highest BCUT2D eigenvalue weighted by Gasteiger charge is 2.32. The lowest BCUT2D eigenvalue weighted by molar-refractivity contribution is -0.140. The molecule has 0 saturated carbocycles. The minimum Gasteiger partial charge on any atom is -0.475 e. The summed E-state index contributed by atoms with van der Waals surface area (Å²) >= 11 is 0. The molecular weight excluding hydrogens is 500 g/mol. The molecule has 40 heavy (non-hydrogen) atoms. The number of rotatable bonds is 6. The van der Waals surface area contributed by atoms with Crippen molar-refractivity contribution in [3.8, 4) is 11.1 Å². The number of ether oxygens (including phenoxy) is 3. The number of methoxy groups -OCH3 is 1. The van der Waals surface area contributed by atoms with Gasteiger partial charge in [0.05, 0.1) is 18.2 Å². The van der Waals surface area contributed by atoms with E-state index in [-0.39, 0.29) is 17.0 Å². The second kappa shape index (κ2) is 9.77. The number of carbonyl (C=O) groups excluding carboxylic acids is 1. The smallest absolute Gasteiger partial charge is 0.305 e. The number of benzene rings is 4. The fraction of sp³-hybridized carbons (Fsp3) is 0.324. The van der Waals surface area contributed by atoms with Gasteiger partial charge in [-0.05, 0) is 73.4 Å². The number of fused-ring (bicyclic) bond motifs is 2. The molecule has 0 fully saturated rings. The molecule has 0 atom stereocenters. The number of aliphatic imine (C=N–C) groups is 2. The molecule has 2 aliphatic rings. The highest BCUT2D eigenvalue weighted by molar-refractivity contribution is 6.19. The average Bonchev–Trinajstić information content (AvgIpc) is 3.50. The molecule has 2 heterocycles. The summed E-state index contributed by atoms with van der Waals surface area (Å²) in [6.07, 6.45) is 0.954. The van der Waals surface area contributed by atoms with Gasteiger partial charge in [-0.1, -0.05) is 54.6 Å². The molecule has 0 spiro atoms. The van der Waals surface area contributed by atoms with Gasteiger partial charge in [0, 0.05) is 28.7 Å². The van der Waals surface area contributed by atoms with Crippen LogP contribution in [0.25, 0.3) is 32.7 Å². The highest BCUT2D eigenvalue weighted by atomic mass is 16.5. The first-order chi connectivity index (χ1) is 19.1. The van der Waals surface area contributed by atoms with Crippen LogP contribution in [-0.2, 0) is 25.4 Å². The van der Waals surface area contributed by atoms with Crippen LogP contribution in [0.5, 0.6) is 0 Å². The van der Waals surface area contributed by atoms with Crippen molar-refractivity contribution in [2.75, 3.05) is 20.3 Å². The number of carbonyl (C=O) groups is 1. The van der Waals surface area contributed by atoms with Gasteiger partial charge >= 0.3 is 5.97 Å². The van der Waals surface area contributed by atoms with E-state index in [0.717, 1.165) is 49.4 Å². The van der Waals surface area contributed by atoms with Gasteiger partial charge in [-0.2, -0.15) is 0 Å². The minimum atomic E-state index is -0.302. The van der Waals surface area contributed by atoms with Crippen LogP contribution in [0, 0.1) is 0 Å². The van der Waals surface area contributed by atoms with Crippen LogP contribution < -0.4 is 0 Å². The monoisotopic (exact) mass is 534 g/mol. The normalized spacial score (nSPS) is 17.3. The zero-order chi connectivity index (χ0) is 28.1. The average molecular weight is 535 g/mol. The molecule has 6 nitrogen and oxygen atoms in total. The van der Waals surface area contributed by atoms with Gasteiger partial charge < -0.3 is 14.2 Å². The quantitative estimate of drug-likeness (QED) is 0.253. The number of hydrogen-bond donors (Lipinski definition) is 0. The SMILES string of the molecule is COC(=O)CCc1ccc2c(-c3c(C4=NC(C)(C)CO4)ccc4ccccc34)c(C3=NC(C)(C)CO3)ccc2c1. The first kappa shape index (κ1) is 26.1. The zero-order valence-electron chi connectivity index (χ0n) is 23.7. The summed E-state index contributed by atoms with van der Waals surface area (Å²) in [5.74, 6) is 1.08. The molecule has 4 aromatic carbocycles. The Kier molecular flexibility index (Phi) is 6.37. The van der Waals surface area contributed by atoms with Crippen molar-refractivity contribution >= 4 is 39.3 Å². The van der Waals surface area contributed by atoms with Crippen LogP contribution in [0.2, 0.25) is 0 Å². The molecule has 0 N–H and O–H groups in total. The van der Waals surface area contributed by atoms with Crippen molar-refractivity contribution in [1.29, 1.82) is 0 Å². The van der Waals surface area contributed by atoms with Crippen molar-refractivity contribution in [3.63, 3.8) is 0 Å². The Balaban J connectivity index is 1.65. The molecule has 0 radical (unpaired) electrons. The Morgan fingerprint density at radius 3 is 1.93 bits per heavy atom. The van der Waals surface area contributed by atoms with Crippen LogP contribution in [0.15, 0.2) is 76.7 Å². The van der Waals surface area contributed by atoms with Crippen LogP contribution in [-0.4, -0.2) is 49.2 Å². The number of aryl methyl sites for hydroxylation is 1. The second-order valence-corrected chi connectivity index (χ2v) is 11.9. The van der Waals surface area contributed by atoms with Crippen molar-refractivity contribution < 1.29 is 19.0 Å². The van der Waals surface area contributed by atoms with Crippen molar-refractivity contribution in [3.05, 3.63) is 83.4 Å². The first-order valence-electron chi connectivity index (χ1n) is 13.7. The lowest BCUT2D eigenvalue weighted by atomic mass is 9.86. The Bertz CT molecular complexity index is 1710. The summed E-state index contributed by atoms with van der Waals surface area (Å²) in [5.41, 5.74) is 4.46. The van der Waals surface area contributed by atoms with E-state index in [1.165, 1.54) is 7.11 Å². The number of nitrogens with zero attached hydrogens (tertiary/aromatic N) is 2. The van der Waals surface area contributed by atoms with Crippen molar-refractivity contribution in [2.45, 2.75) is 51.6 Å². The lowest BCUT2D eigenvalue weighted by Crippen LogP contribution is -2.17. The fourth-order valence-corrected chi connectivity index (χ4v) is 5.49. The fourth-order valence-electron chi connectivity index (χ4n) is 5.49. The minimum absolute atomic E-state index is 0.212. The topological polar surface area (TPSA) is 69.5 Å². The summed E-state index contributed by atoms with van der Waals surface area (Å²) in [7, 11) is 1.42. The van der Waals surface area contributed by atoms with Gasteiger partial charge in [0.2, 0.25) is 11.8 Å². The summed E-state index contributed by atoms with van der Waals surface area (Å²) in [5, 5.41) is 4.39. The molecule has 6 heteroatoms. The highest BCUT2D eigenvalue weighted by Crippen LogP contribution is 2.42. The predicted molar refractivity (Wildman–Crippen MR) is 160 cm³/mol. The Hall–Kier alpha value is -4.19. The molecule has 0 aliphatic carbocycles. The summed E-state index contributed by atoms with van der Waals surface area (Å²) in [6, 6.07) is 23.3. The molecule has 2 aliphatic heterocycles.